The summed E-state index contributed by atoms with van der Waals surface area (Å²) in [4.78, 5) is 24.1. The predicted octanol–water partition coefficient (Wildman–Crippen LogP) is 2.48. The van der Waals surface area contributed by atoms with Crippen LogP contribution >= 0.6 is 11.3 Å². The summed E-state index contributed by atoms with van der Waals surface area (Å²) in [6.07, 6.45) is 0. The Kier molecular flexibility index (Phi) is 4.45. The third-order valence-corrected chi connectivity index (χ3v) is 4.80. The van der Waals surface area contributed by atoms with E-state index in [2.05, 4.69) is 15.1 Å². The van der Waals surface area contributed by atoms with Crippen molar-refractivity contribution in [2.75, 3.05) is 19.8 Å². The van der Waals surface area contributed by atoms with Gasteiger partial charge in [0, 0.05) is 12.5 Å². The first-order chi connectivity index (χ1) is 11.0. The van der Waals surface area contributed by atoms with E-state index in [1.165, 1.54) is 11.3 Å². The molecule has 1 aliphatic rings. The summed E-state index contributed by atoms with van der Waals surface area (Å²) in [7, 11) is 0. The normalized spacial score (nSPS) is 18.7. The molecule has 0 saturated carbocycles. The first kappa shape index (κ1) is 16.1. The Balaban J connectivity index is 1.89. The molecule has 124 valence electrons. The fourth-order valence-corrected chi connectivity index (χ4v) is 3.41. The van der Waals surface area contributed by atoms with Gasteiger partial charge in [-0.2, -0.15) is 4.98 Å². The molecule has 8 heteroatoms. The summed E-state index contributed by atoms with van der Waals surface area (Å²) >= 11 is 1.42. The van der Waals surface area contributed by atoms with Crippen LogP contribution in [0.3, 0.4) is 0 Å². The molecule has 3 heterocycles. The molecule has 3 rings (SSSR count). The highest BCUT2D eigenvalue weighted by molar-refractivity contribution is 7.13. The van der Waals surface area contributed by atoms with Crippen LogP contribution in [0.2, 0.25) is 0 Å². The van der Waals surface area contributed by atoms with Gasteiger partial charge in [0.1, 0.15) is 10.9 Å². The first-order valence-electron chi connectivity index (χ1n) is 7.63. The molecule has 0 aromatic carbocycles. The van der Waals surface area contributed by atoms with Crippen LogP contribution in [0.25, 0.3) is 0 Å². The van der Waals surface area contributed by atoms with E-state index in [0.717, 1.165) is 10.7 Å². The predicted molar refractivity (Wildman–Crippen MR) is 84.6 cm³/mol. The van der Waals surface area contributed by atoms with Crippen LogP contribution in [-0.4, -0.2) is 45.7 Å². The number of carbonyl (C=O) groups excluding carboxylic acids is 1. The van der Waals surface area contributed by atoms with Gasteiger partial charge in [0.2, 0.25) is 5.89 Å². The molecular weight excluding hydrogens is 316 g/mol. The Morgan fingerprint density at radius 2 is 2.13 bits per heavy atom. The molecule has 23 heavy (non-hydrogen) atoms. The summed E-state index contributed by atoms with van der Waals surface area (Å²) in [5.41, 5.74) is 0.763. The van der Waals surface area contributed by atoms with Crippen LogP contribution in [0.5, 0.6) is 0 Å². The zero-order valence-corrected chi connectivity index (χ0v) is 14.5. The van der Waals surface area contributed by atoms with Gasteiger partial charge in [-0.05, 0) is 13.8 Å². The summed E-state index contributed by atoms with van der Waals surface area (Å²) in [6, 6.07) is -0.325. The number of ether oxygens (including phenoxy) is 1. The highest BCUT2D eigenvalue weighted by Gasteiger charge is 2.34. The van der Waals surface area contributed by atoms with E-state index in [-0.39, 0.29) is 17.9 Å². The van der Waals surface area contributed by atoms with Gasteiger partial charge in [0.05, 0.1) is 23.9 Å². The lowest BCUT2D eigenvalue weighted by atomic mass is 10.2. The molecule has 7 nitrogen and oxygen atoms in total. The SMILES string of the molecule is Cc1nc(C)c(C(=O)N2CCOC[C@@H]2c2noc(C(C)C)n2)s1. The van der Waals surface area contributed by atoms with Gasteiger partial charge in [-0.1, -0.05) is 19.0 Å². The molecule has 1 fully saturated rings. The minimum absolute atomic E-state index is 0.0442. The Hall–Kier alpha value is -1.80. The second-order valence-electron chi connectivity index (χ2n) is 5.88. The van der Waals surface area contributed by atoms with Gasteiger partial charge < -0.3 is 14.2 Å². The number of aromatic nitrogens is 3. The highest BCUT2D eigenvalue weighted by atomic mass is 32.1. The van der Waals surface area contributed by atoms with Crippen molar-refractivity contribution in [3.63, 3.8) is 0 Å². The Labute approximate surface area is 138 Å². The monoisotopic (exact) mass is 336 g/mol. The molecule has 1 aliphatic heterocycles. The molecule has 0 unspecified atom stereocenters. The fourth-order valence-electron chi connectivity index (χ4n) is 2.54. The number of carbonyl (C=O) groups is 1. The second kappa shape index (κ2) is 6.37. The standard InChI is InChI=1S/C15H20N4O3S/c1-8(2)14-17-13(18-22-14)11-7-21-6-5-19(11)15(20)12-9(3)16-10(4)23-12/h8,11H,5-7H2,1-4H3/t11-/m1/s1. The van der Waals surface area contributed by atoms with E-state index in [4.69, 9.17) is 9.26 Å². The summed E-state index contributed by atoms with van der Waals surface area (Å²) in [5.74, 6) is 1.18. The second-order valence-corrected chi connectivity index (χ2v) is 7.09. The Bertz CT molecular complexity index is 709. The smallest absolute Gasteiger partial charge is 0.266 e. The van der Waals surface area contributed by atoms with Gasteiger partial charge in [-0.15, -0.1) is 11.3 Å². The van der Waals surface area contributed by atoms with Crippen molar-refractivity contribution in [1.29, 1.82) is 0 Å². The van der Waals surface area contributed by atoms with E-state index >= 15 is 0 Å². The van der Waals surface area contributed by atoms with Crippen LogP contribution < -0.4 is 0 Å². The third-order valence-electron chi connectivity index (χ3n) is 3.74. The molecule has 0 bridgehead atoms. The number of amides is 1. The van der Waals surface area contributed by atoms with Crippen molar-refractivity contribution in [3.05, 3.63) is 27.3 Å². The minimum atomic E-state index is -0.325. The van der Waals surface area contributed by atoms with E-state index < -0.39 is 0 Å². The van der Waals surface area contributed by atoms with Crippen LogP contribution in [-0.2, 0) is 4.74 Å². The van der Waals surface area contributed by atoms with Crippen molar-refractivity contribution in [2.24, 2.45) is 0 Å². The summed E-state index contributed by atoms with van der Waals surface area (Å²) < 4.78 is 10.8. The molecule has 0 aliphatic carbocycles. The van der Waals surface area contributed by atoms with E-state index in [1.54, 1.807) is 4.90 Å². The lowest BCUT2D eigenvalue weighted by molar-refractivity contribution is -0.00556. The lowest BCUT2D eigenvalue weighted by Gasteiger charge is -2.33. The molecule has 2 aromatic heterocycles. The van der Waals surface area contributed by atoms with Gasteiger partial charge in [0.15, 0.2) is 5.82 Å². The maximum absolute atomic E-state index is 12.9. The zero-order chi connectivity index (χ0) is 16.6. The van der Waals surface area contributed by atoms with Crippen molar-refractivity contribution < 1.29 is 14.1 Å². The quantitative estimate of drug-likeness (QED) is 0.856. The van der Waals surface area contributed by atoms with Gasteiger partial charge in [-0.3, -0.25) is 4.79 Å². The molecule has 2 aromatic rings. The number of hydrogen-bond acceptors (Lipinski definition) is 7. The maximum Gasteiger partial charge on any atom is 0.266 e. The average Bonchev–Trinajstić information content (AvgIpc) is 3.13. The van der Waals surface area contributed by atoms with E-state index in [0.29, 0.717) is 36.4 Å². The third kappa shape index (κ3) is 3.13. The number of thiazole rings is 1. The number of morpholine rings is 1. The van der Waals surface area contributed by atoms with Gasteiger partial charge >= 0.3 is 0 Å². The average molecular weight is 336 g/mol. The van der Waals surface area contributed by atoms with Crippen molar-refractivity contribution >= 4 is 17.2 Å². The molecular formula is C15H20N4O3S. The van der Waals surface area contributed by atoms with Crippen molar-refractivity contribution in [2.45, 2.75) is 39.7 Å². The van der Waals surface area contributed by atoms with Crippen LogP contribution in [0, 0.1) is 13.8 Å². The number of nitrogens with zero attached hydrogens (tertiary/aromatic N) is 4. The van der Waals surface area contributed by atoms with Crippen LogP contribution in [0.4, 0.5) is 0 Å². The van der Waals surface area contributed by atoms with Gasteiger partial charge in [-0.25, -0.2) is 4.98 Å². The zero-order valence-electron chi connectivity index (χ0n) is 13.7. The van der Waals surface area contributed by atoms with Crippen molar-refractivity contribution in [1.82, 2.24) is 20.0 Å². The fraction of sp³-hybridized carbons (Fsp3) is 0.600. The first-order valence-corrected chi connectivity index (χ1v) is 8.45. The van der Waals surface area contributed by atoms with Gasteiger partial charge in [0.25, 0.3) is 5.91 Å². The molecule has 0 N–H and O–H groups in total. The van der Waals surface area contributed by atoms with Crippen molar-refractivity contribution in [3.8, 4) is 0 Å². The summed E-state index contributed by atoms with van der Waals surface area (Å²) in [6.45, 7) is 9.12. The Morgan fingerprint density at radius 1 is 1.35 bits per heavy atom. The highest BCUT2D eigenvalue weighted by Crippen LogP contribution is 2.28. The molecule has 1 atom stereocenters. The largest absolute Gasteiger partial charge is 0.377 e. The number of rotatable bonds is 3. The molecule has 1 saturated heterocycles. The van der Waals surface area contributed by atoms with Crippen LogP contribution in [0.1, 0.15) is 57.9 Å². The van der Waals surface area contributed by atoms with E-state index in [1.807, 2.05) is 27.7 Å². The molecule has 1 amide bonds. The topological polar surface area (TPSA) is 81.4 Å². The number of hydrogen-bond donors (Lipinski definition) is 0. The molecule has 0 spiro atoms. The number of aryl methyl sites for hydroxylation is 2. The lowest BCUT2D eigenvalue weighted by Crippen LogP contribution is -2.43. The Morgan fingerprint density at radius 3 is 2.74 bits per heavy atom. The molecule has 0 radical (unpaired) electrons. The van der Waals surface area contributed by atoms with E-state index in [9.17, 15) is 4.79 Å². The summed E-state index contributed by atoms with van der Waals surface area (Å²) in [5, 5.41) is 4.93. The maximum atomic E-state index is 12.9. The minimum Gasteiger partial charge on any atom is -0.377 e. The van der Waals surface area contributed by atoms with Crippen LogP contribution in [0.15, 0.2) is 4.52 Å².